The molecule has 0 aliphatic rings. The Bertz CT molecular complexity index is 500. The van der Waals surface area contributed by atoms with Gasteiger partial charge in [0.05, 0.1) is 12.1 Å². The summed E-state index contributed by atoms with van der Waals surface area (Å²) in [6.07, 6.45) is -0.383. The highest BCUT2D eigenvalue weighted by molar-refractivity contribution is 5.86. The molecule has 0 aliphatic heterocycles. The molecule has 4 N–H and O–H groups in total. The van der Waals surface area contributed by atoms with Crippen LogP contribution in [-0.4, -0.2) is 32.9 Å². The van der Waals surface area contributed by atoms with E-state index >= 15 is 0 Å². The fourth-order valence-electron chi connectivity index (χ4n) is 1.32. The molecule has 94 valence electrons. The number of aliphatic carboxylic acids is 1. The van der Waals surface area contributed by atoms with Crippen LogP contribution >= 0.6 is 0 Å². The first-order chi connectivity index (χ1) is 7.88. The third-order valence-electron chi connectivity index (χ3n) is 2.18. The van der Waals surface area contributed by atoms with Crippen molar-refractivity contribution in [2.45, 2.75) is 25.9 Å². The highest BCUT2D eigenvalue weighted by Crippen LogP contribution is 2.08. The van der Waals surface area contributed by atoms with Crippen molar-refractivity contribution in [3.63, 3.8) is 0 Å². The molecule has 0 radical (unpaired) electrons. The van der Waals surface area contributed by atoms with Crippen LogP contribution in [0, 0.1) is 0 Å². The van der Waals surface area contributed by atoms with Gasteiger partial charge >= 0.3 is 11.9 Å². The van der Waals surface area contributed by atoms with Crippen molar-refractivity contribution in [1.82, 2.24) is 4.74 Å². The number of nitrogens with zero attached hydrogens (tertiary/aromatic N) is 1. The molecule has 1 aromatic rings. The SMILES string of the molecule is CCn1oc(C(=O)O)c(CC(N)C(=O)O)c1=O. The first-order valence-electron chi connectivity index (χ1n) is 4.83. The molecule has 0 amide bonds. The van der Waals surface area contributed by atoms with Gasteiger partial charge in [-0.25, -0.2) is 4.79 Å². The number of nitrogens with two attached hydrogens (primary N) is 1. The van der Waals surface area contributed by atoms with Crippen LogP contribution in [0.4, 0.5) is 0 Å². The molecular formula is C9H12N2O6. The first-order valence-corrected chi connectivity index (χ1v) is 4.83. The molecule has 1 rings (SSSR count). The zero-order valence-electron chi connectivity index (χ0n) is 9.04. The molecule has 8 heteroatoms. The van der Waals surface area contributed by atoms with Crippen LogP contribution < -0.4 is 11.3 Å². The lowest BCUT2D eigenvalue weighted by Gasteiger charge is -2.02. The summed E-state index contributed by atoms with van der Waals surface area (Å²) in [7, 11) is 0. The van der Waals surface area contributed by atoms with E-state index in [9.17, 15) is 14.4 Å². The second-order valence-corrected chi connectivity index (χ2v) is 3.35. The maximum atomic E-state index is 11.6. The van der Waals surface area contributed by atoms with Crippen molar-refractivity contribution >= 4 is 11.9 Å². The maximum absolute atomic E-state index is 11.6. The lowest BCUT2D eigenvalue weighted by atomic mass is 10.1. The Hall–Kier alpha value is -2.09. The number of aryl methyl sites for hydroxylation is 1. The van der Waals surface area contributed by atoms with E-state index < -0.39 is 29.3 Å². The van der Waals surface area contributed by atoms with Gasteiger partial charge in [-0.1, -0.05) is 0 Å². The number of carboxylic acids is 2. The molecule has 17 heavy (non-hydrogen) atoms. The Kier molecular flexibility index (Phi) is 3.69. The molecule has 1 heterocycles. The number of aromatic carboxylic acids is 1. The Balaban J connectivity index is 3.21. The van der Waals surface area contributed by atoms with Crippen molar-refractivity contribution < 1.29 is 24.3 Å². The predicted molar refractivity (Wildman–Crippen MR) is 54.9 cm³/mol. The van der Waals surface area contributed by atoms with Crippen LogP contribution in [0.3, 0.4) is 0 Å². The van der Waals surface area contributed by atoms with E-state index in [0.717, 1.165) is 4.74 Å². The van der Waals surface area contributed by atoms with Crippen molar-refractivity contribution in [2.24, 2.45) is 5.73 Å². The average Bonchev–Trinajstić information content (AvgIpc) is 2.56. The van der Waals surface area contributed by atoms with Gasteiger partial charge in [0, 0.05) is 6.42 Å². The number of hydrogen-bond acceptors (Lipinski definition) is 5. The second-order valence-electron chi connectivity index (χ2n) is 3.35. The minimum Gasteiger partial charge on any atom is -0.480 e. The van der Waals surface area contributed by atoms with Gasteiger partial charge < -0.3 is 20.5 Å². The number of hydrogen-bond donors (Lipinski definition) is 3. The van der Waals surface area contributed by atoms with Crippen LogP contribution in [0.15, 0.2) is 9.32 Å². The van der Waals surface area contributed by atoms with Crippen molar-refractivity contribution in [2.75, 3.05) is 0 Å². The molecule has 8 nitrogen and oxygen atoms in total. The van der Waals surface area contributed by atoms with Crippen LogP contribution in [0.1, 0.15) is 23.0 Å². The summed E-state index contributed by atoms with van der Waals surface area (Å²) < 4.78 is 5.63. The van der Waals surface area contributed by atoms with Crippen LogP contribution in [-0.2, 0) is 17.8 Å². The molecule has 1 unspecified atom stereocenters. The number of aromatic nitrogens is 1. The van der Waals surface area contributed by atoms with Gasteiger partial charge in [-0.15, -0.1) is 0 Å². The van der Waals surface area contributed by atoms with Crippen LogP contribution in [0.2, 0.25) is 0 Å². The van der Waals surface area contributed by atoms with Crippen LogP contribution in [0.25, 0.3) is 0 Å². The standard InChI is InChI=1S/C9H12N2O6/c1-2-11-7(12)4(3-5(10)8(13)14)6(17-11)9(15)16/h5H,2-3,10H2,1H3,(H,13,14)(H,15,16). The molecule has 0 saturated heterocycles. The van der Waals surface area contributed by atoms with E-state index in [1.807, 2.05) is 0 Å². The maximum Gasteiger partial charge on any atom is 0.375 e. The van der Waals surface area contributed by atoms with Crippen molar-refractivity contribution in [3.05, 3.63) is 21.7 Å². The van der Waals surface area contributed by atoms with E-state index in [0.29, 0.717) is 0 Å². The average molecular weight is 244 g/mol. The van der Waals surface area contributed by atoms with E-state index in [4.69, 9.17) is 20.5 Å². The van der Waals surface area contributed by atoms with Gasteiger partial charge in [-0.2, -0.15) is 4.74 Å². The van der Waals surface area contributed by atoms with Crippen LogP contribution in [0.5, 0.6) is 0 Å². The van der Waals surface area contributed by atoms with E-state index in [2.05, 4.69) is 0 Å². The van der Waals surface area contributed by atoms with E-state index in [-0.39, 0.29) is 18.5 Å². The third-order valence-corrected chi connectivity index (χ3v) is 2.18. The smallest absolute Gasteiger partial charge is 0.375 e. The molecule has 0 aromatic carbocycles. The second kappa shape index (κ2) is 4.83. The Morgan fingerprint density at radius 3 is 2.47 bits per heavy atom. The summed E-state index contributed by atoms with van der Waals surface area (Å²) in [5.74, 6) is -3.31. The molecule has 0 aliphatic carbocycles. The van der Waals surface area contributed by atoms with E-state index in [1.54, 1.807) is 6.92 Å². The number of carbonyl (C=O) groups is 2. The summed E-state index contributed by atoms with van der Waals surface area (Å²) in [6, 6.07) is -1.34. The fourth-order valence-corrected chi connectivity index (χ4v) is 1.32. The lowest BCUT2D eigenvalue weighted by molar-refractivity contribution is -0.138. The summed E-state index contributed by atoms with van der Waals surface area (Å²) in [4.78, 5) is 33.0. The normalized spacial score (nSPS) is 12.4. The molecule has 0 fully saturated rings. The molecule has 0 spiro atoms. The van der Waals surface area contributed by atoms with E-state index in [1.165, 1.54) is 0 Å². The zero-order valence-corrected chi connectivity index (χ0v) is 9.04. The molecule has 0 saturated carbocycles. The highest BCUT2D eigenvalue weighted by Gasteiger charge is 2.25. The summed E-state index contributed by atoms with van der Waals surface area (Å²) >= 11 is 0. The summed E-state index contributed by atoms with van der Waals surface area (Å²) in [5.41, 5.74) is 4.36. The first kappa shape index (κ1) is 13.0. The molecule has 0 bridgehead atoms. The number of carboxylic acid groups (broad SMARTS) is 2. The lowest BCUT2D eigenvalue weighted by Crippen LogP contribution is -2.34. The minimum absolute atomic E-state index is 0.154. The Morgan fingerprint density at radius 2 is 2.06 bits per heavy atom. The highest BCUT2D eigenvalue weighted by atomic mass is 16.5. The number of rotatable bonds is 5. The van der Waals surface area contributed by atoms with Gasteiger partial charge in [0.25, 0.3) is 5.56 Å². The Labute approximate surface area is 95.2 Å². The molecule has 1 aromatic heterocycles. The fraction of sp³-hybridized carbons (Fsp3) is 0.444. The zero-order chi connectivity index (χ0) is 13.2. The predicted octanol–water partition coefficient (Wildman–Crippen LogP) is -0.886. The monoisotopic (exact) mass is 244 g/mol. The third kappa shape index (κ3) is 2.53. The van der Waals surface area contributed by atoms with Gasteiger partial charge in [0.2, 0.25) is 5.76 Å². The molecular weight excluding hydrogens is 232 g/mol. The topological polar surface area (TPSA) is 136 Å². The quantitative estimate of drug-likeness (QED) is 0.611. The summed E-state index contributed by atoms with van der Waals surface area (Å²) in [5, 5.41) is 17.4. The van der Waals surface area contributed by atoms with Gasteiger partial charge in [0.1, 0.15) is 6.04 Å². The summed E-state index contributed by atoms with van der Waals surface area (Å²) in [6.45, 7) is 1.75. The Morgan fingerprint density at radius 1 is 1.47 bits per heavy atom. The van der Waals surface area contributed by atoms with Crippen molar-refractivity contribution in [3.8, 4) is 0 Å². The van der Waals surface area contributed by atoms with Crippen molar-refractivity contribution in [1.29, 1.82) is 0 Å². The van der Waals surface area contributed by atoms with Gasteiger partial charge in [-0.3, -0.25) is 9.59 Å². The molecule has 1 atom stereocenters. The van der Waals surface area contributed by atoms with Gasteiger partial charge in [-0.05, 0) is 6.92 Å². The minimum atomic E-state index is -1.43. The largest absolute Gasteiger partial charge is 0.480 e. The van der Waals surface area contributed by atoms with Gasteiger partial charge in [0.15, 0.2) is 0 Å².